The maximum absolute atomic E-state index is 9.28. The number of phenolic OH excluding ortho intramolecular Hbond substituents is 1. The summed E-state index contributed by atoms with van der Waals surface area (Å²) in [5.41, 5.74) is 3.24. The number of carboxylic acids is 1. The molecule has 1 rings (SSSR count). The van der Waals surface area contributed by atoms with Crippen LogP contribution >= 0.6 is 0 Å². The first-order valence-corrected chi connectivity index (χ1v) is 4.31. The summed E-state index contributed by atoms with van der Waals surface area (Å²) in [6.07, 6.45) is 0. The van der Waals surface area contributed by atoms with Crippen molar-refractivity contribution in [2.45, 2.75) is 27.7 Å². The number of phenols is 1. The Balaban J connectivity index is 0.000000364. The van der Waals surface area contributed by atoms with E-state index in [0.717, 1.165) is 23.6 Å². The van der Waals surface area contributed by atoms with Crippen LogP contribution in [-0.4, -0.2) is 16.2 Å². The molecule has 0 aliphatic heterocycles. The first-order valence-electron chi connectivity index (χ1n) is 4.31. The van der Waals surface area contributed by atoms with Crippen LogP contribution in [0.1, 0.15) is 23.6 Å². The van der Waals surface area contributed by atoms with Crippen LogP contribution < -0.4 is 0 Å². The minimum Gasteiger partial charge on any atom is -0.508 e. The van der Waals surface area contributed by atoms with E-state index in [1.165, 1.54) is 0 Å². The number of aryl methyl sites for hydroxylation is 2. The molecule has 0 unspecified atom stereocenters. The van der Waals surface area contributed by atoms with Crippen LogP contribution in [0.5, 0.6) is 5.75 Å². The van der Waals surface area contributed by atoms with E-state index < -0.39 is 5.97 Å². The highest BCUT2D eigenvalue weighted by atomic mass is 16.4. The molecule has 0 saturated carbocycles. The van der Waals surface area contributed by atoms with Gasteiger partial charge in [0.25, 0.3) is 5.97 Å². The Kier molecular flexibility index (Phi) is 4.70. The molecule has 1 aromatic carbocycles. The SMILES string of the molecule is CC(=O)O.Cc1cc(C)c(C)c(O)c1. The van der Waals surface area contributed by atoms with Gasteiger partial charge in [-0.1, -0.05) is 6.07 Å². The number of rotatable bonds is 0. The molecule has 0 aliphatic rings. The van der Waals surface area contributed by atoms with Gasteiger partial charge in [-0.3, -0.25) is 4.79 Å². The maximum atomic E-state index is 9.28. The van der Waals surface area contributed by atoms with E-state index in [-0.39, 0.29) is 0 Å². The Hall–Kier alpha value is -1.51. The molecule has 0 aliphatic carbocycles. The topological polar surface area (TPSA) is 57.5 Å². The molecule has 3 nitrogen and oxygen atoms in total. The molecule has 1 aromatic rings. The fourth-order valence-corrected chi connectivity index (χ4v) is 1.02. The van der Waals surface area contributed by atoms with Crippen molar-refractivity contribution in [3.05, 3.63) is 28.8 Å². The van der Waals surface area contributed by atoms with Gasteiger partial charge in [-0.25, -0.2) is 0 Å². The lowest BCUT2D eigenvalue weighted by Gasteiger charge is -2.03. The van der Waals surface area contributed by atoms with Crippen molar-refractivity contribution < 1.29 is 15.0 Å². The van der Waals surface area contributed by atoms with Gasteiger partial charge in [0.1, 0.15) is 5.75 Å². The smallest absolute Gasteiger partial charge is 0.300 e. The molecule has 0 bridgehead atoms. The normalized spacial score (nSPS) is 8.86. The molecular formula is C11H16O3. The first kappa shape index (κ1) is 12.5. The minimum absolute atomic E-state index is 0.400. The lowest BCUT2D eigenvalue weighted by atomic mass is 10.1. The summed E-state index contributed by atoms with van der Waals surface area (Å²) in [4.78, 5) is 9.00. The van der Waals surface area contributed by atoms with Crippen LogP contribution in [-0.2, 0) is 4.79 Å². The molecule has 0 atom stereocenters. The number of hydrogen-bond acceptors (Lipinski definition) is 2. The summed E-state index contributed by atoms with van der Waals surface area (Å²) in [7, 11) is 0. The van der Waals surface area contributed by atoms with Crippen LogP contribution in [0.4, 0.5) is 0 Å². The fraction of sp³-hybridized carbons (Fsp3) is 0.364. The molecule has 78 valence electrons. The first-order chi connectivity index (χ1) is 6.34. The summed E-state index contributed by atoms with van der Waals surface area (Å²) >= 11 is 0. The van der Waals surface area contributed by atoms with Crippen molar-refractivity contribution in [3.63, 3.8) is 0 Å². The Labute approximate surface area is 84.0 Å². The predicted octanol–water partition coefficient (Wildman–Crippen LogP) is 2.41. The second-order valence-electron chi connectivity index (χ2n) is 3.24. The van der Waals surface area contributed by atoms with Crippen molar-refractivity contribution in [2.24, 2.45) is 0 Å². The summed E-state index contributed by atoms with van der Waals surface area (Å²) < 4.78 is 0. The van der Waals surface area contributed by atoms with Crippen molar-refractivity contribution in [2.75, 3.05) is 0 Å². The summed E-state index contributed by atoms with van der Waals surface area (Å²) in [5, 5.41) is 16.7. The zero-order valence-electron chi connectivity index (χ0n) is 8.96. The molecule has 3 heteroatoms. The van der Waals surface area contributed by atoms with Gasteiger partial charge < -0.3 is 10.2 Å². The molecule has 0 fully saturated rings. The summed E-state index contributed by atoms with van der Waals surface area (Å²) in [6.45, 7) is 6.98. The number of carboxylic acid groups (broad SMARTS) is 1. The van der Waals surface area contributed by atoms with Crippen molar-refractivity contribution >= 4 is 5.97 Å². The Morgan fingerprint density at radius 1 is 1.21 bits per heavy atom. The van der Waals surface area contributed by atoms with Crippen LogP contribution in [0.3, 0.4) is 0 Å². The number of aromatic hydroxyl groups is 1. The van der Waals surface area contributed by atoms with E-state index in [2.05, 4.69) is 6.07 Å². The van der Waals surface area contributed by atoms with E-state index in [1.807, 2.05) is 20.8 Å². The van der Waals surface area contributed by atoms with Gasteiger partial charge in [-0.2, -0.15) is 0 Å². The number of benzene rings is 1. The lowest BCUT2D eigenvalue weighted by molar-refractivity contribution is -0.134. The van der Waals surface area contributed by atoms with Gasteiger partial charge in [0, 0.05) is 6.92 Å². The third-order valence-corrected chi connectivity index (χ3v) is 1.78. The number of hydrogen-bond donors (Lipinski definition) is 2. The standard InChI is InChI=1S/C9H12O.C2H4O2/c1-6-4-7(2)8(3)9(10)5-6;1-2(3)4/h4-5,10H,1-3H3;1H3,(H,3,4). The van der Waals surface area contributed by atoms with E-state index in [9.17, 15) is 5.11 Å². The van der Waals surface area contributed by atoms with Gasteiger partial charge in [0.2, 0.25) is 0 Å². The van der Waals surface area contributed by atoms with E-state index >= 15 is 0 Å². The zero-order chi connectivity index (χ0) is 11.3. The Bertz CT molecular complexity index is 302. The van der Waals surface area contributed by atoms with Crippen molar-refractivity contribution in [1.82, 2.24) is 0 Å². The second-order valence-corrected chi connectivity index (χ2v) is 3.24. The van der Waals surface area contributed by atoms with Gasteiger partial charge in [-0.05, 0) is 43.5 Å². The molecular weight excluding hydrogens is 180 g/mol. The number of carbonyl (C=O) groups is 1. The minimum atomic E-state index is -0.833. The highest BCUT2D eigenvalue weighted by Gasteiger charge is 1.98. The highest BCUT2D eigenvalue weighted by Crippen LogP contribution is 2.20. The molecule has 0 saturated heterocycles. The molecule has 0 heterocycles. The quantitative estimate of drug-likeness (QED) is 0.670. The van der Waals surface area contributed by atoms with E-state index in [1.54, 1.807) is 6.07 Å². The summed E-state index contributed by atoms with van der Waals surface area (Å²) in [5.74, 6) is -0.433. The fourth-order valence-electron chi connectivity index (χ4n) is 1.02. The highest BCUT2D eigenvalue weighted by molar-refractivity contribution is 5.62. The average molecular weight is 196 g/mol. The lowest BCUT2D eigenvalue weighted by Crippen LogP contribution is -1.82. The average Bonchev–Trinajstić information content (AvgIpc) is 1.98. The molecule has 0 spiro atoms. The van der Waals surface area contributed by atoms with Crippen LogP contribution in [0.15, 0.2) is 12.1 Å². The molecule has 0 aromatic heterocycles. The zero-order valence-corrected chi connectivity index (χ0v) is 8.96. The van der Waals surface area contributed by atoms with Crippen molar-refractivity contribution in [1.29, 1.82) is 0 Å². The molecule has 2 N–H and O–H groups in total. The Morgan fingerprint density at radius 3 is 2.00 bits per heavy atom. The molecule has 0 radical (unpaired) electrons. The summed E-state index contributed by atoms with van der Waals surface area (Å²) in [6, 6.07) is 3.84. The predicted molar refractivity (Wildman–Crippen MR) is 55.6 cm³/mol. The third-order valence-electron chi connectivity index (χ3n) is 1.78. The van der Waals surface area contributed by atoms with Gasteiger partial charge >= 0.3 is 0 Å². The third kappa shape index (κ3) is 4.50. The molecule has 14 heavy (non-hydrogen) atoms. The second kappa shape index (κ2) is 5.27. The largest absolute Gasteiger partial charge is 0.508 e. The molecule has 0 amide bonds. The van der Waals surface area contributed by atoms with Crippen LogP contribution in [0.25, 0.3) is 0 Å². The van der Waals surface area contributed by atoms with E-state index in [0.29, 0.717) is 5.75 Å². The van der Waals surface area contributed by atoms with Gasteiger partial charge in [-0.15, -0.1) is 0 Å². The number of aliphatic carboxylic acids is 1. The van der Waals surface area contributed by atoms with Gasteiger partial charge in [0.15, 0.2) is 0 Å². The van der Waals surface area contributed by atoms with Crippen LogP contribution in [0.2, 0.25) is 0 Å². The van der Waals surface area contributed by atoms with Crippen LogP contribution in [0, 0.1) is 20.8 Å². The monoisotopic (exact) mass is 196 g/mol. The van der Waals surface area contributed by atoms with Crippen molar-refractivity contribution in [3.8, 4) is 5.75 Å². The van der Waals surface area contributed by atoms with Gasteiger partial charge in [0.05, 0.1) is 0 Å². The van der Waals surface area contributed by atoms with E-state index in [4.69, 9.17) is 9.90 Å². The maximum Gasteiger partial charge on any atom is 0.300 e. The Morgan fingerprint density at radius 2 is 1.64 bits per heavy atom.